The lowest BCUT2D eigenvalue weighted by molar-refractivity contribution is -0.132. The topological polar surface area (TPSA) is 79.3 Å². The summed E-state index contributed by atoms with van der Waals surface area (Å²) in [5.74, 6) is -0.363. The monoisotopic (exact) mass is 246 g/mol. The Bertz CT molecular complexity index is 535. The van der Waals surface area contributed by atoms with E-state index in [1.807, 2.05) is 6.07 Å². The number of rotatable bonds is 3. The van der Waals surface area contributed by atoms with E-state index in [-0.39, 0.29) is 5.91 Å². The fraction of sp³-hybridized carbons (Fsp3) is 0.308. The van der Waals surface area contributed by atoms with Gasteiger partial charge >= 0.3 is 5.97 Å². The van der Waals surface area contributed by atoms with Gasteiger partial charge in [-0.1, -0.05) is 6.92 Å². The number of fused-ring (bicyclic) bond motifs is 1. The number of aryl methyl sites for hydroxylation is 1. The van der Waals surface area contributed by atoms with Crippen LogP contribution in [0.3, 0.4) is 0 Å². The highest BCUT2D eigenvalue weighted by atomic mass is 16.4. The van der Waals surface area contributed by atoms with Gasteiger partial charge in [0.05, 0.1) is 0 Å². The quantitative estimate of drug-likeness (QED) is 0.797. The molecule has 0 bridgehead atoms. The van der Waals surface area contributed by atoms with Crippen LogP contribution in [0.5, 0.6) is 0 Å². The molecule has 0 saturated heterocycles. The van der Waals surface area contributed by atoms with Gasteiger partial charge in [0.1, 0.15) is 5.82 Å². The number of nitrogens with zero attached hydrogens (tertiary/aromatic N) is 1. The van der Waals surface area contributed by atoms with E-state index in [1.165, 1.54) is 0 Å². The maximum absolute atomic E-state index is 11.2. The summed E-state index contributed by atoms with van der Waals surface area (Å²) in [5, 5.41) is 11.7. The normalized spacial score (nSPS) is 14.9. The van der Waals surface area contributed by atoms with Gasteiger partial charge < -0.3 is 10.4 Å². The molecule has 0 unspecified atom stereocenters. The molecule has 1 aromatic heterocycles. The molecule has 1 aromatic rings. The van der Waals surface area contributed by atoms with Crippen molar-refractivity contribution in [3.05, 3.63) is 29.0 Å². The first-order valence-corrected chi connectivity index (χ1v) is 5.82. The zero-order valence-electron chi connectivity index (χ0n) is 10.1. The van der Waals surface area contributed by atoms with Gasteiger partial charge in [-0.05, 0) is 36.1 Å². The molecule has 5 nitrogen and oxygen atoms in total. The van der Waals surface area contributed by atoms with E-state index in [2.05, 4.69) is 10.3 Å². The summed E-state index contributed by atoms with van der Waals surface area (Å²) in [6, 6.07) is 1.88. The molecule has 5 heteroatoms. The number of aromatic nitrogens is 1. The van der Waals surface area contributed by atoms with Crippen LogP contribution in [0.1, 0.15) is 30.9 Å². The highest BCUT2D eigenvalue weighted by Gasteiger charge is 2.16. The fourth-order valence-electron chi connectivity index (χ4n) is 1.87. The van der Waals surface area contributed by atoms with Crippen molar-refractivity contribution in [3.63, 3.8) is 0 Å². The second-order valence-electron chi connectivity index (χ2n) is 4.15. The Morgan fingerprint density at radius 2 is 2.33 bits per heavy atom. The van der Waals surface area contributed by atoms with Crippen molar-refractivity contribution in [2.45, 2.75) is 26.2 Å². The van der Waals surface area contributed by atoms with Gasteiger partial charge in [-0.25, -0.2) is 9.78 Å². The summed E-state index contributed by atoms with van der Waals surface area (Å²) in [6.07, 6.45) is 4.74. The van der Waals surface area contributed by atoms with Gasteiger partial charge in [0.25, 0.3) is 0 Å². The third-order valence-corrected chi connectivity index (χ3v) is 2.86. The molecule has 94 valence electrons. The summed E-state index contributed by atoms with van der Waals surface area (Å²) in [5.41, 5.74) is 2.05. The minimum absolute atomic E-state index is 0.0296. The van der Waals surface area contributed by atoms with E-state index in [4.69, 9.17) is 5.11 Å². The van der Waals surface area contributed by atoms with Crippen molar-refractivity contribution < 1.29 is 14.7 Å². The number of carboxylic acid groups (broad SMARTS) is 1. The molecule has 1 aliphatic rings. The Labute approximate surface area is 105 Å². The molecule has 0 radical (unpaired) electrons. The average molecular weight is 246 g/mol. The SMILES string of the molecule is CC/C(=C\c1cnc2c(c1)CCC(=O)N2)C(=O)O. The van der Waals surface area contributed by atoms with E-state index in [1.54, 1.807) is 19.2 Å². The number of nitrogens with one attached hydrogen (secondary N) is 1. The Balaban J connectivity index is 2.32. The van der Waals surface area contributed by atoms with Crippen LogP contribution in [0.4, 0.5) is 5.82 Å². The zero-order valence-corrected chi connectivity index (χ0v) is 10.1. The first kappa shape index (κ1) is 12.3. The number of hydrogen-bond donors (Lipinski definition) is 2. The predicted octanol–water partition coefficient (Wildman–Crippen LogP) is 1.84. The maximum Gasteiger partial charge on any atom is 0.331 e. The van der Waals surface area contributed by atoms with Gasteiger partial charge in [0.15, 0.2) is 0 Å². The van der Waals surface area contributed by atoms with Crippen LogP contribution < -0.4 is 5.32 Å². The third kappa shape index (κ3) is 2.56. The fourth-order valence-corrected chi connectivity index (χ4v) is 1.87. The molecule has 2 rings (SSSR count). The average Bonchev–Trinajstić information content (AvgIpc) is 2.35. The molecule has 2 N–H and O–H groups in total. The number of carbonyl (C=O) groups is 2. The summed E-state index contributed by atoms with van der Waals surface area (Å²) in [4.78, 5) is 26.3. The minimum atomic E-state index is -0.913. The largest absolute Gasteiger partial charge is 0.478 e. The summed E-state index contributed by atoms with van der Waals surface area (Å²) >= 11 is 0. The Morgan fingerprint density at radius 1 is 1.56 bits per heavy atom. The lowest BCUT2D eigenvalue weighted by atomic mass is 10.0. The number of carboxylic acids is 1. The molecular formula is C13H14N2O3. The Hall–Kier alpha value is -2.17. The molecule has 0 fully saturated rings. The van der Waals surface area contributed by atoms with Gasteiger partial charge in [-0.3, -0.25) is 4.79 Å². The smallest absolute Gasteiger partial charge is 0.331 e. The zero-order chi connectivity index (χ0) is 13.1. The van der Waals surface area contributed by atoms with Crippen LogP contribution in [0.2, 0.25) is 0 Å². The molecule has 18 heavy (non-hydrogen) atoms. The molecular weight excluding hydrogens is 232 g/mol. The van der Waals surface area contributed by atoms with E-state index >= 15 is 0 Å². The molecule has 0 aliphatic carbocycles. The van der Waals surface area contributed by atoms with Crippen molar-refractivity contribution in [2.75, 3.05) is 5.32 Å². The molecule has 0 atom stereocenters. The molecule has 0 saturated carbocycles. The number of aliphatic carboxylic acids is 1. The molecule has 1 aliphatic heterocycles. The second-order valence-corrected chi connectivity index (χ2v) is 4.15. The van der Waals surface area contributed by atoms with Crippen LogP contribution in [0, 0.1) is 0 Å². The van der Waals surface area contributed by atoms with Crippen LogP contribution in [0.15, 0.2) is 17.8 Å². The number of anilines is 1. The van der Waals surface area contributed by atoms with E-state index < -0.39 is 5.97 Å². The van der Waals surface area contributed by atoms with Crippen molar-refractivity contribution in [1.29, 1.82) is 0 Å². The van der Waals surface area contributed by atoms with E-state index in [0.29, 0.717) is 30.7 Å². The molecule has 0 aromatic carbocycles. The lowest BCUT2D eigenvalue weighted by Crippen LogP contribution is -2.20. The Kier molecular flexibility index (Phi) is 3.41. The van der Waals surface area contributed by atoms with Gasteiger partial charge in [0.2, 0.25) is 5.91 Å². The van der Waals surface area contributed by atoms with Gasteiger partial charge in [0, 0.05) is 18.2 Å². The maximum atomic E-state index is 11.2. The summed E-state index contributed by atoms with van der Waals surface area (Å²) in [6.45, 7) is 1.80. The van der Waals surface area contributed by atoms with E-state index in [9.17, 15) is 9.59 Å². The molecule has 0 spiro atoms. The standard InChI is InChI=1S/C13H14N2O3/c1-2-9(13(17)18)5-8-6-10-3-4-11(16)15-12(10)14-7-8/h5-7H,2-4H2,1H3,(H,17,18)(H,14,15,16)/b9-5+. The predicted molar refractivity (Wildman–Crippen MR) is 67.1 cm³/mol. The van der Waals surface area contributed by atoms with Crippen LogP contribution in [0.25, 0.3) is 6.08 Å². The van der Waals surface area contributed by atoms with E-state index in [0.717, 1.165) is 11.1 Å². The van der Waals surface area contributed by atoms with Crippen LogP contribution in [-0.2, 0) is 16.0 Å². The number of amides is 1. The van der Waals surface area contributed by atoms with Gasteiger partial charge in [-0.15, -0.1) is 0 Å². The van der Waals surface area contributed by atoms with Gasteiger partial charge in [-0.2, -0.15) is 0 Å². The lowest BCUT2D eigenvalue weighted by Gasteiger charge is -2.15. The van der Waals surface area contributed by atoms with Crippen molar-refractivity contribution in [2.24, 2.45) is 0 Å². The number of hydrogen-bond acceptors (Lipinski definition) is 3. The Morgan fingerprint density at radius 3 is 3.00 bits per heavy atom. The van der Waals surface area contributed by atoms with Crippen LogP contribution in [-0.4, -0.2) is 22.0 Å². The third-order valence-electron chi connectivity index (χ3n) is 2.86. The molecule has 2 heterocycles. The van der Waals surface area contributed by atoms with Crippen molar-refractivity contribution in [1.82, 2.24) is 4.98 Å². The second kappa shape index (κ2) is 5.00. The number of pyridine rings is 1. The van der Waals surface area contributed by atoms with Crippen LogP contribution >= 0.6 is 0 Å². The summed E-state index contributed by atoms with van der Waals surface area (Å²) in [7, 11) is 0. The molecule has 1 amide bonds. The highest BCUT2D eigenvalue weighted by Crippen LogP contribution is 2.22. The van der Waals surface area contributed by atoms with Crippen molar-refractivity contribution >= 4 is 23.8 Å². The first-order chi connectivity index (χ1) is 8.60. The number of carbonyl (C=O) groups excluding carboxylic acids is 1. The van der Waals surface area contributed by atoms with Crippen molar-refractivity contribution in [3.8, 4) is 0 Å². The first-order valence-electron chi connectivity index (χ1n) is 5.82. The highest BCUT2D eigenvalue weighted by molar-refractivity contribution is 5.94. The summed E-state index contributed by atoms with van der Waals surface area (Å²) < 4.78 is 0. The minimum Gasteiger partial charge on any atom is -0.478 e.